The van der Waals surface area contributed by atoms with E-state index < -0.39 is 5.82 Å². The van der Waals surface area contributed by atoms with Gasteiger partial charge < -0.3 is 15.0 Å². The molecule has 0 bridgehead atoms. The van der Waals surface area contributed by atoms with Crippen molar-refractivity contribution in [2.75, 3.05) is 33.1 Å². The van der Waals surface area contributed by atoms with Crippen LogP contribution < -0.4 is 10.1 Å². The van der Waals surface area contributed by atoms with Crippen molar-refractivity contribution < 1.29 is 13.9 Å². The minimum Gasteiger partial charge on any atom is -0.494 e. The van der Waals surface area contributed by atoms with Crippen LogP contribution in [0, 0.1) is 5.82 Å². The van der Waals surface area contributed by atoms with E-state index in [9.17, 15) is 9.18 Å². The number of carbonyl (C=O) groups excluding carboxylic acids is 1. The van der Waals surface area contributed by atoms with Crippen LogP contribution in [0.1, 0.15) is 0 Å². The van der Waals surface area contributed by atoms with E-state index in [1.54, 1.807) is 20.2 Å². The molecule has 0 aromatic heterocycles. The summed E-state index contributed by atoms with van der Waals surface area (Å²) >= 11 is 0. The van der Waals surface area contributed by atoms with Crippen LogP contribution in [0.3, 0.4) is 0 Å². The van der Waals surface area contributed by atoms with Gasteiger partial charge >= 0.3 is 0 Å². The Morgan fingerprint density at radius 2 is 2.19 bits per heavy atom. The van der Waals surface area contributed by atoms with Crippen LogP contribution >= 0.6 is 0 Å². The molecular weight excluding hydrogens is 211 g/mol. The molecule has 0 saturated heterocycles. The van der Waals surface area contributed by atoms with Gasteiger partial charge in [-0.1, -0.05) is 0 Å². The number of ether oxygens (including phenoxy) is 1. The van der Waals surface area contributed by atoms with Gasteiger partial charge in [-0.2, -0.15) is 0 Å². The van der Waals surface area contributed by atoms with Crippen molar-refractivity contribution in [3.63, 3.8) is 0 Å². The SMILES string of the molecule is COc1cc(NCC(=O)N(C)C)ccc1F. The predicted molar refractivity (Wildman–Crippen MR) is 60.1 cm³/mol. The van der Waals surface area contributed by atoms with Crippen LogP contribution in [-0.4, -0.2) is 38.6 Å². The zero-order valence-electron chi connectivity index (χ0n) is 9.58. The zero-order valence-corrected chi connectivity index (χ0v) is 9.58. The number of anilines is 1. The lowest BCUT2D eigenvalue weighted by molar-refractivity contribution is -0.126. The van der Waals surface area contributed by atoms with Gasteiger partial charge in [-0.3, -0.25) is 4.79 Å². The second kappa shape index (κ2) is 5.34. The van der Waals surface area contributed by atoms with Gasteiger partial charge in [0.05, 0.1) is 13.7 Å². The number of benzene rings is 1. The fraction of sp³-hybridized carbons (Fsp3) is 0.364. The van der Waals surface area contributed by atoms with E-state index in [2.05, 4.69) is 5.32 Å². The maximum atomic E-state index is 13.1. The van der Waals surface area contributed by atoms with E-state index in [1.807, 2.05) is 0 Å². The molecule has 1 N–H and O–H groups in total. The number of nitrogens with one attached hydrogen (secondary N) is 1. The Balaban J connectivity index is 2.64. The molecule has 1 aromatic carbocycles. The Bertz CT molecular complexity index is 380. The first-order valence-electron chi connectivity index (χ1n) is 4.82. The number of methoxy groups -OCH3 is 1. The second-order valence-corrected chi connectivity index (χ2v) is 3.49. The van der Waals surface area contributed by atoms with Crippen LogP contribution in [0.4, 0.5) is 10.1 Å². The molecule has 0 atom stereocenters. The summed E-state index contributed by atoms with van der Waals surface area (Å²) in [6.45, 7) is 0.168. The third kappa shape index (κ3) is 3.12. The van der Waals surface area contributed by atoms with Gasteiger partial charge in [-0.05, 0) is 12.1 Å². The van der Waals surface area contributed by atoms with E-state index in [0.29, 0.717) is 5.69 Å². The molecule has 0 radical (unpaired) electrons. The molecule has 0 heterocycles. The molecule has 0 aliphatic rings. The second-order valence-electron chi connectivity index (χ2n) is 3.49. The van der Waals surface area contributed by atoms with Crippen molar-refractivity contribution in [3.8, 4) is 5.75 Å². The quantitative estimate of drug-likeness (QED) is 0.842. The first-order valence-corrected chi connectivity index (χ1v) is 4.82. The minimum atomic E-state index is -0.424. The van der Waals surface area contributed by atoms with Crippen LogP contribution in [0.5, 0.6) is 5.75 Å². The smallest absolute Gasteiger partial charge is 0.241 e. The van der Waals surface area contributed by atoms with Crippen molar-refractivity contribution in [2.24, 2.45) is 0 Å². The Labute approximate surface area is 94.0 Å². The molecule has 0 saturated carbocycles. The molecule has 5 heteroatoms. The predicted octanol–water partition coefficient (Wildman–Crippen LogP) is 1.33. The fourth-order valence-corrected chi connectivity index (χ4v) is 1.11. The molecule has 0 fully saturated rings. The maximum Gasteiger partial charge on any atom is 0.241 e. The van der Waals surface area contributed by atoms with Crippen molar-refractivity contribution >= 4 is 11.6 Å². The summed E-state index contributed by atoms with van der Waals surface area (Å²) < 4.78 is 17.9. The van der Waals surface area contributed by atoms with Gasteiger partial charge in [0.15, 0.2) is 11.6 Å². The lowest BCUT2D eigenvalue weighted by Gasteiger charge is -2.12. The lowest BCUT2D eigenvalue weighted by Crippen LogP contribution is -2.28. The van der Waals surface area contributed by atoms with Crippen molar-refractivity contribution in [1.29, 1.82) is 0 Å². The first-order chi connectivity index (χ1) is 7.54. The van der Waals surface area contributed by atoms with Gasteiger partial charge in [-0.25, -0.2) is 4.39 Å². The third-order valence-corrected chi connectivity index (χ3v) is 2.09. The number of hydrogen-bond donors (Lipinski definition) is 1. The number of likely N-dealkylation sites (N-methyl/N-ethyl adjacent to an activating group) is 1. The van der Waals surface area contributed by atoms with Gasteiger partial charge in [0.25, 0.3) is 0 Å². The van der Waals surface area contributed by atoms with Crippen molar-refractivity contribution in [1.82, 2.24) is 4.90 Å². The highest BCUT2D eigenvalue weighted by Crippen LogP contribution is 2.21. The molecule has 0 spiro atoms. The van der Waals surface area contributed by atoms with E-state index in [4.69, 9.17) is 4.74 Å². The van der Waals surface area contributed by atoms with Gasteiger partial charge in [0.1, 0.15) is 0 Å². The van der Waals surface area contributed by atoms with Crippen LogP contribution in [0.15, 0.2) is 18.2 Å². The van der Waals surface area contributed by atoms with Gasteiger partial charge in [0, 0.05) is 25.8 Å². The molecule has 1 rings (SSSR count). The Kier molecular flexibility index (Phi) is 4.10. The molecule has 0 aliphatic carbocycles. The molecule has 1 amide bonds. The molecule has 0 aliphatic heterocycles. The Morgan fingerprint density at radius 1 is 1.50 bits per heavy atom. The Morgan fingerprint density at radius 3 is 2.75 bits per heavy atom. The number of hydrogen-bond acceptors (Lipinski definition) is 3. The number of nitrogens with zero attached hydrogens (tertiary/aromatic N) is 1. The van der Waals surface area contributed by atoms with E-state index in [-0.39, 0.29) is 18.2 Å². The van der Waals surface area contributed by atoms with Crippen LogP contribution in [0.25, 0.3) is 0 Å². The molecule has 88 valence electrons. The fourth-order valence-electron chi connectivity index (χ4n) is 1.11. The summed E-state index contributed by atoms with van der Waals surface area (Å²) in [5.41, 5.74) is 0.647. The first kappa shape index (κ1) is 12.3. The number of carbonyl (C=O) groups is 1. The van der Waals surface area contributed by atoms with E-state index in [1.165, 1.54) is 24.1 Å². The average Bonchev–Trinajstić information content (AvgIpc) is 2.27. The van der Waals surface area contributed by atoms with Gasteiger partial charge in [-0.15, -0.1) is 0 Å². The van der Waals surface area contributed by atoms with Crippen LogP contribution in [0.2, 0.25) is 0 Å². The monoisotopic (exact) mass is 226 g/mol. The van der Waals surface area contributed by atoms with Gasteiger partial charge in [0.2, 0.25) is 5.91 Å². The summed E-state index contributed by atoms with van der Waals surface area (Å²) in [4.78, 5) is 12.8. The van der Waals surface area contributed by atoms with Crippen molar-refractivity contribution in [3.05, 3.63) is 24.0 Å². The standard InChI is InChI=1S/C11H15FN2O2/c1-14(2)11(15)7-13-8-4-5-9(12)10(6-8)16-3/h4-6,13H,7H2,1-3H3. The van der Waals surface area contributed by atoms with Crippen molar-refractivity contribution in [2.45, 2.75) is 0 Å². The van der Waals surface area contributed by atoms with Crippen LogP contribution in [-0.2, 0) is 4.79 Å². The highest BCUT2D eigenvalue weighted by Gasteiger charge is 2.06. The summed E-state index contributed by atoms with van der Waals surface area (Å²) in [5, 5.41) is 2.89. The molecular formula is C11H15FN2O2. The molecule has 4 nitrogen and oxygen atoms in total. The number of rotatable bonds is 4. The number of halogens is 1. The third-order valence-electron chi connectivity index (χ3n) is 2.09. The van der Waals surface area contributed by atoms with E-state index >= 15 is 0 Å². The zero-order chi connectivity index (χ0) is 12.1. The topological polar surface area (TPSA) is 41.6 Å². The molecule has 16 heavy (non-hydrogen) atoms. The lowest BCUT2D eigenvalue weighted by atomic mass is 10.3. The largest absolute Gasteiger partial charge is 0.494 e. The highest BCUT2D eigenvalue weighted by atomic mass is 19.1. The summed E-state index contributed by atoms with van der Waals surface area (Å²) in [6.07, 6.45) is 0. The number of amides is 1. The molecule has 0 unspecified atom stereocenters. The summed E-state index contributed by atoms with van der Waals surface area (Å²) in [5.74, 6) is -0.322. The maximum absolute atomic E-state index is 13.1. The Hall–Kier alpha value is -1.78. The highest BCUT2D eigenvalue weighted by molar-refractivity contribution is 5.80. The minimum absolute atomic E-state index is 0.0525. The average molecular weight is 226 g/mol. The van der Waals surface area contributed by atoms with E-state index in [0.717, 1.165) is 0 Å². The normalized spacial score (nSPS) is 9.75. The summed E-state index contributed by atoms with van der Waals surface area (Å²) in [6, 6.07) is 4.36. The molecule has 1 aromatic rings. The summed E-state index contributed by atoms with van der Waals surface area (Å²) in [7, 11) is 4.75.